The highest BCUT2D eigenvalue weighted by Crippen LogP contribution is 2.12. The number of rotatable bonds is 7. The lowest BCUT2D eigenvalue weighted by atomic mass is 10.1. The van der Waals surface area contributed by atoms with Gasteiger partial charge in [0.25, 0.3) is 0 Å². The average Bonchev–Trinajstić information content (AvgIpc) is 2.35. The number of nitrogens with zero attached hydrogens (tertiary/aromatic N) is 1. The van der Waals surface area contributed by atoms with Crippen LogP contribution in [0.5, 0.6) is 0 Å². The van der Waals surface area contributed by atoms with E-state index in [2.05, 4.69) is 37.8 Å². The molecule has 0 saturated heterocycles. The van der Waals surface area contributed by atoms with Gasteiger partial charge in [-0.1, -0.05) is 45.4 Å². The van der Waals surface area contributed by atoms with Crippen molar-refractivity contribution in [2.24, 2.45) is 5.92 Å². The third-order valence-corrected chi connectivity index (χ3v) is 3.47. The van der Waals surface area contributed by atoms with E-state index in [0.29, 0.717) is 0 Å². The van der Waals surface area contributed by atoms with Crippen molar-refractivity contribution in [3.8, 4) is 0 Å². The zero-order chi connectivity index (χ0) is 12.7. The van der Waals surface area contributed by atoms with E-state index >= 15 is 0 Å². The summed E-state index contributed by atoms with van der Waals surface area (Å²) in [6.07, 6.45) is 2.31. The molecule has 0 heterocycles. The SMILES string of the molecule is CCC(C)CN(CC)CCc1ccccc1N. The molecule has 0 spiro atoms. The highest BCUT2D eigenvalue weighted by Gasteiger charge is 2.07. The second-order valence-electron chi connectivity index (χ2n) is 4.86. The van der Waals surface area contributed by atoms with Gasteiger partial charge in [-0.15, -0.1) is 0 Å². The Morgan fingerprint density at radius 1 is 1.24 bits per heavy atom. The summed E-state index contributed by atoms with van der Waals surface area (Å²) in [5, 5.41) is 0. The lowest BCUT2D eigenvalue weighted by Gasteiger charge is -2.23. The molecule has 1 atom stereocenters. The van der Waals surface area contributed by atoms with Gasteiger partial charge in [0, 0.05) is 18.8 Å². The molecule has 0 aliphatic carbocycles. The van der Waals surface area contributed by atoms with Crippen LogP contribution in [-0.2, 0) is 6.42 Å². The zero-order valence-corrected chi connectivity index (χ0v) is 11.4. The Kier molecular flexibility index (Phi) is 6.06. The lowest BCUT2D eigenvalue weighted by molar-refractivity contribution is 0.248. The molecule has 0 saturated carbocycles. The molecular weight excluding hydrogens is 208 g/mol. The van der Waals surface area contributed by atoms with E-state index in [9.17, 15) is 0 Å². The maximum absolute atomic E-state index is 5.96. The van der Waals surface area contributed by atoms with E-state index in [-0.39, 0.29) is 0 Å². The molecule has 96 valence electrons. The van der Waals surface area contributed by atoms with Gasteiger partial charge in [-0.2, -0.15) is 0 Å². The topological polar surface area (TPSA) is 29.3 Å². The van der Waals surface area contributed by atoms with Gasteiger partial charge in [-0.05, 0) is 30.5 Å². The molecule has 1 rings (SSSR count). The Morgan fingerprint density at radius 2 is 1.94 bits per heavy atom. The summed E-state index contributed by atoms with van der Waals surface area (Å²) in [5.74, 6) is 0.781. The second-order valence-corrected chi connectivity index (χ2v) is 4.86. The summed E-state index contributed by atoms with van der Waals surface area (Å²) in [6.45, 7) is 10.2. The normalized spacial score (nSPS) is 12.9. The minimum atomic E-state index is 0.781. The first-order valence-electron chi connectivity index (χ1n) is 6.73. The van der Waals surface area contributed by atoms with E-state index < -0.39 is 0 Å². The molecule has 1 aromatic carbocycles. The molecule has 2 N–H and O–H groups in total. The maximum atomic E-state index is 5.96. The highest BCUT2D eigenvalue weighted by atomic mass is 15.1. The smallest absolute Gasteiger partial charge is 0.0347 e. The van der Waals surface area contributed by atoms with Crippen LogP contribution < -0.4 is 5.73 Å². The van der Waals surface area contributed by atoms with Gasteiger partial charge in [-0.3, -0.25) is 0 Å². The van der Waals surface area contributed by atoms with Crippen LogP contribution in [0.3, 0.4) is 0 Å². The maximum Gasteiger partial charge on any atom is 0.0347 e. The van der Waals surface area contributed by atoms with Gasteiger partial charge in [0.15, 0.2) is 0 Å². The Bertz CT molecular complexity index is 322. The van der Waals surface area contributed by atoms with Crippen molar-refractivity contribution in [2.75, 3.05) is 25.4 Å². The number of nitrogens with two attached hydrogens (primary N) is 1. The molecule has 0 amide bonds. The van der Waals surface area contributed by atoms with E-state index in [1.165, 1.54) is 18.5 Å². The van der Waals surface area contributed by atoms with Gasteiger partial charge in [0.1, 0.15) is 0 Å². The van der Waals surface area contributed by atoms with Crippen LogP contribution in [-0.4, -0.2) is 24.5 Å². The summed E-state index contributed by atoms with van der Waals surface area (Å²) in [5.41, 5.74) is 8.15. The molecule has 0 radical (unpaired) electrons. The monoisotopic (exact) mass is 234 g/mol. The fourth-order valence-electron chi connectivity index (χ4n) is 1.99. The molecule has 0 aromatic heterocycles. The van der Waals surface area contributed by atoms with Gasteiger partial charge < -0.3 is 10.6 Å². The number of benzene rings is 1. The van der Waals surface area contributed by atoms with Crippen LogP contribution in [0.25, 0.3) is 0 Å². The van der Waals surface area contributed by atoms with Gasteiger partial charge >= 0.3 is 0 Å². The Labute approximate surface area is 106 Å². The molecule has 1 aromatic rings. The largest absolute Gasteiger partial charge is 0.399 e. The first-order valence-corrected chi connectivity index (χ1v) is 6.73. The summed E-state index contributed by atoms with van der Waals surface area (Å²) in [4.78, 5) is 2.51. The molecule has 0 aliphatic rings. The van der Waals surface area contributed by atoms with Crippen molar-refractivity contribution in [1.29, 1.82) is 0 Å². The minimum Gasteiger partial charge on any atom is -0.399 e. The van der Waals surface area contributed by atoms with Crippen molar-refractivity contribution in [3.63, 3.8) is 0 Å². The highest BCUT2D eigenvalue weighted by molar-refractivity contribution is 5.46. The van der Waals surface area contributed by atoms with Crippen molar-refractivity contribution in [3.05, 3.63) is 29.8 Å². The minimum absolute atomic E-state index is 0.781. The number of hydrogen-bond acceptors (Lipinski definition) is 2. The van der Waals surface area contributed by atoms with E-state index in [1.54, 1.807) is 0 Å². The van der Waals surface area contributed by atoms with Crippen LogP contribution in [0.1, 0.15) is 32.8 Å². The van der Waals surface area contributed by atoms with Crippen molar-refractivity contribution < 1.29 is 0 Å². The molecule has 1 unspecified atom stereocenters. The summed E-state index contributed by atoms with van der Waals surface area (Å²) < 4.78 is 0. The molecule has 2 heteroatoms. The third kappa shape index (κ3) is 4.78. The van der Waals surface area contributed by atoms with Gasteiger partial charge in [0.2, 0.25) is 0 Å². The van der Waals surface area contributed by atoms with Gasteiger partial charge in [0.05, 0.1) is 0 Å². The average molecular weight is 234 g/mol. The first-order chi connectivity index (χ1) is 8.17. The summed E-state index contributed by atoms with van der Waals surface area (Å²) >= 11 is 0. The molecule has 0 fully saturated rings. The first kappa shape index (κ1) is 14.0. The molecule has 2 nitrogen and oxygen atoms in total. The Balaban J connectivity index is 2.45. The van der Waals surface area contributed by atoms with Crippen molar-refractivity contribution >= 4 is 5.69 Å². The number of hydrogen-bond donors (Lipinski definition) is 1. The van der Waals surface area contributed by atoms with E-state index in [0.717, 1.165) is 31.1 Å². The van der Waals surface area contributed by atoms with Crippen LogP contribution in [0.15, 0.2) is 24.3 Å². The number of para-hydroxylation sites is 1. The molecule has 0 bridgehead atoms. The standard InChI is InChI=1S/C15H26N2/c1-4-13(3)12-17(5-2)11-10-14-8-6-7-9-15(14)16/h6-9,13H,4-5,10-12,16H2,1-3H3. The van der Waals surface area contributed by atoms with E-state index in [1.807, 2.05) is 12.1 Å². The molecule has 17 heavy (non-hydrogen) atoms. The van der Waals surface area contributed by atoms with Gasteiger partial charge in [-0.25, -0.2) is 0 Å². The van der Waals surface area contributed by atoms with Crippen LogP contribution >= 0.6 is 0 Å². The second kappa shape index (κ2) is 7.33. The predicted molar refractivity (Wildman–Crippen MR) is 76.1 cm³/mol. The quantitative estimate of drug-likeness (QED) is 0.734. The van der Waals surface area contributed by atoms with Crippen LogP contribution in [0.4, 0.5) is 5.69 Å². The summed E-state index contributed by atoms with van der Waals surface area (Å²) in [6, 6.07) is 8.18. The third-order valence-electron chi connectivity index (χ3n) is 3.47. The number of nitrogen functional groups attached to an aromatic ring is 1. The fourth-order valence-corrected chi connectivity index (χ4v) is 1.99. The fraction of sp³-hybridized carbons (Fsp3) is 0.600. The Morgan fingerprint density at radius 3 is 2.53 bits per heavy atom. The van der Waals surface area contributed by atoms with Crippen molar-refractivity contribution in [2.45, 2.75) is 33.6 Å². The number of anilines is 1. The van der Waals surface area contributed by atoms with Crippen molar-refractivity contribution in [1.82, 2.24) is 4.90 Å². The van der Waals surface area contributed by atoms with Crippen LogP contribution in [0.2, 0.25) is 0 Å². The predicted octanol–water partition coefficient (Wildman–Crippen LogP) is 3.18. The summed E-state index contributed by atoms with van der Waals surface area (Å²) in [7, 11) is 0. The zero-order valence-electron chi connectivity index (χ0n) is 11.4. The molecule has 0 aliphatic heterocycles. The molecular formula is C15H26N2. The van der Waals surface area contributed by atoms with E-state index in [4.69, 9.17) is 5.73 Å². The van der Waals surface area contributed by atoms with Crippen LogP contribution in [0, 0.1) is 5.92 Å². The lowest BCUT2D eigenvalue weighted by Crippen LogP contribution is -2.30. The number of likely N-dealkylation sites (N-methyl/N-ethyl adjacent to an activating group) is 1. The Hall–Kier alpha value is -1.02.